The van der Waals surface area contributed by atoms with Crippen molar-refractivity contribution < 1.29 is 26.1 Å². The zero-order chi connectivity index (χ0) is 28.9. The first-order chi connectivity index (χ1) is 18.5. The molecule has 3 nitrogen and oxygen atoms in total. The first-order valence-electron chi connectivity index (χ1n) is 13.6. The first-order valence-corrected chi connectivity index (χ1v) is 16.4. The zero-order valence-corrected chi connectivity index (χ0v) is 24.8. The molecule has 0 bridgehead atoms. The van der Waals surface area contributed by atoms with Crippen molar-refractivity contribution >= 4 is 34.0 Å². The Balaban J connectivity index is 0.000000580. The van der Waals surface area contributed by atoms with Crippen molar-refractivity contribution in [1.29, 1.82) is 0 Å². The predicted octanol–water partition coefficient (Wildman–Crippen LogP) is 7.87. The molecule has 0 aliphatic heterocycles. The monoisotopic (exact) mass is 580 g/mol. The average Bonchev–Trinajstić information content (AvgIpc) is 2.91. The molecule has 0 fully saturated rings. The van der Waals surface area contributed by atoms with Crippen molar-refractivity contribution in [3.63, 3.8) is 0 Å². The minimum atomic E-state index is -5.84. The van der Waals surface area contributed by atoms with Gasteiger partial charge in [0.1, 0.15) is 0 Å². The van der Waals surface area contributed by atoms with E-state index >= 15 is 0 Å². The fourth-order valence-corrected chi connectivity index (χ4v) is 6.26. The van der Waals surface area contributed by atoms with Gasteiger partial charge in [-0.25, -0.2) is 0 Å². The van der Waals surface area contributed by atoms with E-state index < -0.39 is 23.5 Å². The van der Waals surface area contributed by atoms with Crippen LogP contribution in [-0.2, 0) is 29.4 Å². The van der Waals surface area contributed by atoms with Gasteiger partial charge in [-0.15, -0.1) is 0 Å². The fourth-order valence-electron chi connectivity index (χ4n) is 4.02. The highest BCUT2D eigenvalue weighted by Gasteiger charge is 2.44. The van der Waals surface area contributed by atoms with Crippen LogP contribution in [0, 0.1) is 0 Å². The molecule has 0 atom stereocenters. The van der Waals surface area contributed by atoms with Crippen LogP contribution >= 0.6 is 7.92 Å². The quantitative estimate of drug-likeness (QED) is 0.135. The number of hydrogen-bond acceptors (Lipinski definition) is 2. The molecule has 3 rings (SSSR count). The van der Waals surface area contributed by atoms with Gasteiger partial charge in [0, 0.05) is 0 Å². The van der Waals surface area contributed by atoms with Gasteiger partial charge in [0.25, 0.3) is 0 Å². The molecule has 1 N–H and O–H groups in total. The van der Waals surface area contributed by atoms with Crippen LogP contribution in [-0.4, -0.2) is 18.5 Å². The van der Waals surface area contributed by atoms with E-state index in [1.807, 2.05) is 0 Å². The van der Waals surface area contributed by atoms with Gasteiger partial charge in [-0.1, -0.05) is 113 Å². The van der Waals surface area contributed by atoms with E-state index in [9.17, 15) is 13.2 Å². The highest BCUT2D eigenvalue weighted by molar-refractivity contribution is 7.86. The van der Waals surface area contributed by atoms with Crippen molar-refractivity contribution in [3.8, 4) is 0 Å². The van der Waals surface area contributed by atoms with Gasteiger partial charge < -0.3 is 0 Å². The molecule has 0 spiro atoms. The number of rotatable bonds is 12. The third kappa shape index (κ3) is 11.1. The molecule has 0 saturated carbocycles. The number of alkyl halides is 3. The highest BCUT2D eigenvalue weighted by atomic mass is 32.2. The second kappa shape index (κ2) is 16.2. The van der Waals surface area contributed by atoms with E-state index in [1.165, 1.54) is 90.4 Å². The van der Waals surface area contributed by atoms with Gasteiger partial charge >= 0.3 is 15.6 Å². The van der Waals surface area contributed by atoms with Crippen molar-refractivity contribution in [3.05, 3.63) is 89.5 Å². The van der Waals surface area contributed by atoms with Crippen molar-refractivity contribution in [2.24, 2.45) is 0 Å². The second-order valence-electron chi connectivity index (χ2n) is 9.57. The lowest BCUT2D eigenvalue weighted by molar-refractivity contribution is -0.0510. The standard InChI is InChI=1S/C30H39P.CHF3O3S/c1-4-7-10-25-13-19-28(20-14-25)31(29-21-15-26(16-22-29)11-8-5-2)30-23-17-27(18-24-30)12-9-6-3;2-1(3,4)8(5,6)7/h13-24H,4-12H2,1-3H3;(H,5,6,7). The Morgan fingerprint density at radius 2 is 0.821 bits per heavy atom. The van der Waals surface area contributed by atoms with E-state index in [-0.39, 0.29) is 0 Å². The zero-order valence-electron chi connectivity index (χ0n) is 23.0. The SMILES string of the molecule is CCCCc1ccc(P(c2ccc(CCCC)cc2)c2ccc(CCCC)cc2)cc1.O=S(=O)(O)C(F)(F)F. The Kier molecular flexibility index (Phi) is 13.7. The molecule has 0 amide bonds. The summed E-state index contributed by atoms with van der Waals surface area (Å²) in [5.41, 5.74) is -1.14. The maximum atomic E-state index is 10.7. The lowest BCUT2D eigenvalue weighted by Crippen LogP contribution is -2.21. The summed E-state index contributed by atoms with van der Waals surface area (Å²) in [6.45, 7) is 6.80. The predicted molar refractivity (Wildman–Crippen MR) is 159 cm³/mol. The molecule has 8 heteroatoms. The Labute approximate surface area is 233 Å². The second-order valence-corrected chi connectivity index (χ2v) is 13.2. The molecule has 214 valence electrons. The average molecular weight is 581 g/mol. The number of unbranched alkanes of at least 4 members (excludes halogenated alkanes) is 3. The van der Waals surface area contributed by atoms with Gasteiger partial charge in [0.15, 0.2) is 0 Å². The van der Waals surface area contributed by atoms with Crippen molar-refractivity contribution in [2.75, 3.05) is 0 Å². The summed E-state index contributed by atoms with van der Waals surface area (Å²) in [7, 11) is -6.36. The first kappa shape index (κ1) is 33.0. The number of aryl methyl sites for hydroxylation is 3. The minimum absolute atomic E-state index is 0.522. The van der Waals surface area contributed by atoms with Crippen LogP contribution in [0.3, 0.4) is 0 Å². The molecule has 0 aliphatic carbocycles. The van der Waals surface area contributed by atoms with E-state index in [0.29, 0.717) is 0 Å². The molecular weight excluding hydrogens is 540 g/mol. The lowest BCUT2D eigenvalue weighted by Gasteiger charge is -2.20. The van der Waals surface area contributed by atoms with Crippen LogP contribution < -0.4 is 15.9 Å². The summed E-state index contributed by atoms with van der Waals surface area (Å²) in [6.07, 6.45) is 11.1. The highest BCUT2D eigenvalue weighted by Crippen LogP contribution is 2.33. The summed E-state index contributed by atoms with van der Waals surface area (Å²) in [5.74, 6) is 0. The minimum Gasteiger partial charge on any atom is -0.279 e. The van der Waals surface area contributed by atoms with Gasteiger partial charge in [-0.3, -0.25) is 4.55 Å². The molecule has 0 aromatic heterocycles. The summed E-state index contributed by atoms with van der Waals surface area (Å²) in [5, 5.41) is 4.37. The summed E-state index contributed by atoms with van der Waals surface area (Å²) in [4.78, 5) is 0. The Morgan fingerprint density at radius 1 is 0.590 bits per heavy atom. The molecular formula is C31H40F3O3PS. The smallest absolute Gasteiger partial charge is 0.279 e. The molecule has 39 heavy (non-hydrogen) atoms. The lowest BCUT2D eigenvalue weighted by atomic mass is 10.1. The molecule has 0 saturated heterocycles. The van der Waals surface area contributed by atoms with Gasteiger partial charge in [0.05, 0.1) is 0 Å². The largest absolute Gasteiger partial charge is 0.522 e. The van der Waals surface area contributed by atoms with Crippen LogP contribution in [0.25, 0.3) is 0 Å². The number of halogens is 3. The third-order valence-corrected chi connectivity index (χ3v) is 9.36. The van der Waals surface area contributed by atoms with E-state index in [1.54, 1.807) is 0 Å². The van der Waals surface area contributed by atoms with Crippen LogP contribution in [0.5, 0.6) is 0 Å². The maximum Gasteiger partial charge on any atom is 0.522 e. The third-order valence-electron chi connectivity index (χ3n) is 6.33. The Morgan fingerprint density at radius 3 is 1.00 bits per heavy atom. The maximum absolute atomic E-state index is 10.7. The van der Waals surface area contributed by atoms with Gasteiger partial charge in [-0.2, -0.15) is 21.6 Å². The number of hydrogen-bond donors (Lipinski definition) is 1. The van der Waals surface area contributed by atoms with Crippen LogP contribution in [0.2, 0.25) is 0 Å². The van der Waals surface area contributed by atoms with Crippen LogP contribution in [0.1, 0.15) is 76.0 Å². The normalized spacial score (nSPS) is 11.8. The molecule has 0 aliphatic rings. The fraction of sp³-hybridized carbons (Fsp3) is 0.419. The van der Waals surface area contributed by atoms with Crippen molar-refractivity contribution in [1.82, 2.24) is 0 Å². The van der Waals surface area contributed by atoms with Crippen molar-refractivity contribution in [2.45, 2.75) is 84.1 Å². The summed E-state index contributed by atoms with van der Waals surface area (Å²) < 4.78 is 57.5. The molecule has 3 aromatic carbocycles. The molecule has 0 heterocycles. The van der Waals surface area contributed by atoms with Gasteiger partial charge in [-0.05, 0) is 79.1 Å². The van der Waals surface area contributed by atoms with E-state index in [4.69, 9.17) is 13.0 Å². The Hall–Kier alpha value is -2.21. The molecule has 0 radical (unpaired) electrons. The van der Waals surface area contributed by atoms with Crippen LogP contribution in [0.4, 0.5) is 13.2 Å². The van der Waals surface area contributed by atoms with Crippen LogP contribution in [0.15, 0.2) is 72.8 Å². The van der Waals surface area contributed by atoms with Gasteiger partial charge in [0.2, 0.25) is 0 Å². The molecule has 0 unspecified atom stereocenters. The number of benzene rings is 3. The van der Waals surface area contributed by atoms with E-state index in [2.05, 4.69) is 93.6 Å². The molecule has 3 aromatic rings. The van der Waals surface area contributed by atoms with E-state index in [0.717, 1.165) is 0 Å². The Bertz CT molecular complexity index is 1090. The topological polar surface area (TPSA) is 54.4 Å². The summed E-state index contributed by atoms with van der Waals surface area (Å²) >= 11 is 0. The summed E-state index contributed by atoms with van der Waals surface area (Å²) in [6, 6.07) is 28.4.